The van der Waals surface area contributed by atoms with Crippen molar-refractivity contribution in [3.8, 4) is 5.75 Å². The number of aryl methyl sites for hydroxylation is 1. The van der Waals surface area contributed by atoms with Gasteiger partial charge < -0.3 is 10.1 Å². The largest absolute Gasteiger partial charge is 0.484 e. The molecule has 1 fully saturated rings. The molecule has 1 aliphatic heterocycles. The predicted molar refractivity (Wildman–Crippen MR) is 119 cm³/mol. The third kappa shape index (κ3) is 5.46. The number of nitrogens with one attached hydrogen (secondary N) is 1. The summed E-state index contributed by atoms with van der Waals surface area (Å²) in [5.41, 5.74) is 2.44. The van der Waals surface area contributed by atoms with Crippen LogP contribution < -0.4 is 15.0 Å². The molecule has 1 N–H and O–H groups in total. The average molecular weight is 448 g/mol. The molecule has 6 nitrogen and oxygen atoms in total. The normalized spacial score (nSPS) is 13.5. The number of rotatable bonds is 8. The van der Waals surface area contributed by atoms with E-state index in [1.54, 1.807) is 40.1 Å². The number of amides is 3. The number of ether oxygens (including phenoxy) is 1. The van der Waals surface area contributed by atoms with Crippen molar-refractivity contribution in [3.05, 3.63) is 70.3 Å². The minimum atomic E-state index is -0.246. The Bertz CT molecular complexity index is 947. The van der Waals surface area contributed by atoms with Gasteiger partial charge >= 0.3 is 6.03 Å². The number of carbonyl (C=O) groups excluding carboxylic acids is 2. The molecule has 0 aliphatic carbocycles. The first kappa shape index (κ1) is 22.0. The van der Waals surface area contributed by atoms with Crippen molar-refractivity contribution >= 4 is 40.8 Å². The number of nitrogens with zero attached hydrogens (tertiary/aromatic N) is 2. The average Bonchev–Trinajstić information content (AvgIpc) is 3.09. The summed E-state index contributed by atoms with van der Waals surface area (Å²) in [6.07, 6.45) is 0.464. The maximum atomic E-state index is 12.8. The van der Waals surface area contributed by atoms with Crippen LogP contribution in [-0.2, 0) is 4.79 Å². The lowest BCUT2D eigenvalue weighted by Crippen LogP contribution is -2.34. The highest BCUT2D eigenvalue weighted by Gasteiger charge is 2.31. The molecule has 8 heteroatoms. The number of halogens is 2. The van der Waals surface area contributed by atoms with E-state index >= 15 is 0 Å². The molecule has 2 aromatic rings. The van der Waals surface area contributed by atoms with E-state index < -0.39 is 0 Å². The summed E-state index contributed by atoms with van der Waals surface area (Å²) in [6, 6.07) is 12.1. The molecule has 30 heavy (non-hydrogen) atoms. The van der Waals surface area contributed by atoms with Gasteiger partial charge in [0.2, 0.25) is 0 Å². The van der Waals surface area contributed by atoms with E-state index in [0.29, 0.717) is 47.5 Å². The zero-order chi connectivity index (χ0) is 21.7. The first-order valence-electron chi connectivity index (χ1n) is 9.53. The van der Waals surface area contributed by atoms with Crippen molar-refractivity contribution < 1.29 is 14.3 Å². The van der Waals surface area contributed by atoms with E-state index in [-0.39, 0.29) is 18.5 Å². The van der Waals surface area contributed by atoms with Crippen LogP contribution in [0.15, 0.2) is 54.7 Å². The van der Waals surface area contributed by atoms with E-state index in [9.17, 15) is 9.59 Å². The summed E-state index contributed by atoms with van der Waals surface area (Å²) in [6.45, 7) is 7.33. The fourth-order valence-electron chi connectivity index (χ4n) is 3.19. The maximum Gasteiger partial charge on any atom is 0.328 e. The first-order chi connectivity index (χ1) is 14.3. The lowest BCUT2D eigenvalue weighted by Gasteiger charge is -2.22. The van der Waals surface area contributed by atoms with Crippen molar-refractivity contribution in [1.82, 2.24) is 10.2 Å². The quantitative estimate of drug-likeness (QED) is 0.640. The summed E-state index contributed by atoms with van der Waals surface area (Å²) in [5.74, 6) is 0.322. The molecule has 0 aromatic heterocycles. The molecule has 0 atom stereocenters. The minimum absolute atomic E-state index is 0.0969. The Morgan fingerprint density at radius 3 is 2.53 bits per heavy atom. The molecule has 1 saturated heterocycles. The predicted octanol–water partition coefficient (Wildman–Crippen LogP) is 4.64. The molecule has 0 radical (unpaired) electrons. The van der Waals surface area contributed by atoms with Crippen LogP contribution in [0.5, 0.6) is 5.75 Å². The van der Waals surface area contributed by atoms with Crippen LogP contribution in [0, 0.1) is 6.92 Å². The van der Waals surface area contributed by atoms with Crippen LogP contribution in [0.1, 0.15) is 12.0 Å². The van der Waals surface area contributed by atoms with Crippen molar-refractivity contribution in [2.75, 3.05) is 31.1 Å². The molecule has 2 aromatic carbocycles. The smallest absolute Gasteiger partial charge is 0.328 e. The highest BCUT2D eigenvalue weighted by Crippen LogP contribution is 2.28. The molecular formula is C22H23Cl2N3O3. The van der Waals surface area contributed by atoms with Gasteiger partial charge in [-0.3, -0.25) is 14.6 Å². The van der Waals surface area contributed by atoms with E-state index in [2.05, 4.69) is 11.9 Å². The van der Waals surface area contributed by atoms with Gasteiger partial charge in [-0.2, -0.15) is 0 Å². The second-order valence-electron chi connectivity index (χ2n) is 6.93. The summed E-state index contributed by atoms with van der Waals surface area (Å²) >= 11 is 11.8. The monoisotopic (exact) mass is 447 g/mol. The number of benzene rings is 2. The summed E-state index contributed by atoms with van der Waals surface area (Å²) in [4.78, 5) is 28.1. The summed E-state index contributed by atoms with van der Waals surface area (Å²) in [7, 11) is 0. The maximum absolute atomic E-state index is 12.8. The zero-order valence-corrected chi connectivity index (χ0v) is 18.2. The topological polar surface area (TPSA) is 61.9 Å². The Morgan fingerprint density at radius 1 is 1.13 bits per heavy atom. The standard InChI is InChI=1S/C22H23Cl2N3O3/c1-15-13-18(24)5-8-20(15)27-12-11-26(22(27)29)16(2)9-10-25-21(28)14-30-19-6-3-17(23)4-7-19/h3-8,13H,2,9-12,14H2,1H3,(H,25,28). The van der Waals surface area contributed by atoms with Crippen LogP contribution >= 0.6 is 23.2 Å². The number of hydrogen-bond acceptors (Lipinski definition) is 3. The van der Waals surface area contributed by atoms with E-state index in [0.717, 1.165) is 11.3 Å². The molecule has 158 valence electrons. The molecule has 3 amide bonds. The van der Waals surface area contributed by atoms with Gasteiger partial charge in [-0.25, -0.2) is 4.79 Å². The van der Waals surface area contributed by atoms with Gasteiger partial charge in [0.1, 0.15) is 5.75 Å². The van der Waals surface area contributed by atoms with E-state index in [1.807, 2.05) is 19.1 Å². The van der Waals surface area contributed by atoms with Crippen molar-refractivity contribution in [1.29, 1.82) is 0 Å². The molecule has 0 bridgehead atoms. The lowest BCUT2D eigenvalue weighted by molar-refractivity contribution is -0.123. The molecule has 0 spiro atoms. The fourth-order valence-corrected chi connectivity index (χ4v) is 3.54. The van der Waals surface area contributed by atoms with Gasteiger partial charge in [0.05, 0.1) is 0 Å². The second kappa shape index (κ2) is 9.87. The minimum Gasteiger partial charge on any atom is -0.484 e. The van der Waals surface area contributed by atoms with Crippen molar-refractivity contribution in [3.63, 3.8) is 0 Å². The molecule has 1 heterocycles. The number of carbonyl (C=O) groups is 2. The van der Waals surface area contributed by atoms with Crippen molar-refractivity contribution in [2.24, 2.45) is 0 Å². The van der Waals surface area contributed by atoms with Crippen LogP contribution in [0.25, 0.3) is 0 Å². The van der Waals surface area contributed by atoms with Gasteiger partial charge in [-0.05, 0) is 55.0 Å². The Kier molecular flexibility index (Phi) is 7.24. The SMILES string of the molecule is C=C(CCNC(=O)COc1ccc(Cl)cc1)N1CCN(c2ccc(Cl)cc2C)C1=O. The van der Waals surface area contributed by atoms with Gasteiger partial charge in [0.15, 0.2) is 6.61 Å². The third-order valence-electron chi connectivity index (χ3n) is 4.76. The number of hydrogen-bond donors (Lipinski definition) is 1. The van der Waals surface area contributed by atoms with Gasteiger partial charge in [-0.15, -0.1) is 0 Å². The fraction of sp³-hybridized carbons (Fsp3) is 0.273. The lowest BCUT2D eigenvalue weighted by atomic mass is 10.2. The van der Waals surface area contributed by atoms with Crippen molar-refractivity contribution in [2.45, 2.75) is 13.3 Å². The number of urea groups is 1. The summed E-state index contributed by atoms with van der Waals surface area (Å²) in [5, 5.41) is 4.02. The molecule has 1 aliphatic rings. The second-order valence-corrected chi connectivity index (χ2v) is 7.80. The van der Waals surface area contributed by atoms with Crippen LogP contribution in [0.3, 0.4) is 0 Å². The third-order valence-corrected chi connectivity index (χ3v) is 5.25. The Balaban J connectivity index is 1.44. The highest BCUT2D eigenvalue weighted by atomic mass is 35.5. The molecular weight excluding hydrogens is 425 g/mol. The summed E-state index contributed by atoms with van der Waals surface area (Å²) < 4.78 is 5.41. The van der Waals surface area contributed by atoms with Crippen LogP contribution in [0.2, 0.25) is 10.0 Å². The van der Waals surface area contributed by atoms with Gasteiger partial charge in [0, 0.05) is 47.5 Å². The first-order valence-corrected chi connectivity index (χ1v) is 10.3. The van der Waals surface area contributed by atoms with E-state index in [1.165, 1.54) is 0 Å². The van der Waals surface area contributed by atoms with Crippen LogP contribution in [0.4, 0.5) is 10.5 Å². The Morgan fingerprint density at radius 2 is 1.83 bits per heavy atom. The zero-order valence-electron chi connectivity index (χ0n) is 16.7. The number of anilines is 1. The molecule has 0 unspecified atom stereocenters. The Labute approximate surface area is 186 Å². The van der Waals surface area contributed by atoms with E-state index in [4.69, 9.17) is 27.9 Å². The highest BCUT2D eigenvalue weighted by molar-refractivity contribution is 6.31. The van der Waals surface area contributed by atoms with Gasteiger partial charge in [-0.1, -0.05) is 29.8 Å². The molecule has 3 rings (SSSR count). The Hall–Kier alpha value is -2.70. The van der Waals surface area contributed by atoms with Gasteiger partial charge in [0.25, 0.3) is 5.91 Å². The van der Waals surface area contributed by atoms with Crippen LogP contribution in [-0.4, -0.2) is 43.1 Å². The molecule has 0 saturated carbocycles.